The quantitative estimate of drug-likeness (QED) is 0.841. The SMILES string of the molecule is Cn1ccc2nccc(NCC3CCNC3)c21. The normalized spacial score (nSPS) is 19.9. The van der Waals surface area contributed by atoms with E-state index in [1.54, 1.807) is 0 Å². The van der Waals surface area contributed by atoms with Crippen molar-refractivity contribution in [2.75, 3.05) is 25.0 Å². The van der Waals surface area contributed by atoms with E-state index in [4.69, 9.17) is 0 Å². The second-order valence-corrected chi connectivity index (χ2v) is 4.76. The van der Waals surface area contributed by atoms with Crippen molar-refractivity contribution in [1.82, 2.24) is 14.9 Å². The number of nitrogens with one attached hydrogen (secondary N) is 2. The van der Waals surface area contributed by atoms with E-state index < -0.39 is 0 Å². The van der Waals surface area contributed by atoms with Crippen molar-refractivity contribution in [2.45, 2.75) is 6.42 Å². The van der Waals surface area contributed by atoms with Crippen molar-refractivity contribution in [2.24, 2.45) is 13.0 Å². The number of aryl methyl sites for hydroxylation is 1. The van der Waals surface area contributed by atoms with Gasteiger partial charge in [-0.25, -0.2) is 0 Å². The predicted octanol–water partition coefficient (Wildman–Crippen LogP) is 1.59. The van der Waals surface area contributed by atoms with Crippen molar-refractivity contribution >= 4 is 16.7 Å². The molecule has 1 aliphatic rings. The molecule has 0 aliphatic carbocycles. The number of anilines is 1. The van der Waals surface area contributed by atoms with Crippen LogP contribution < -0.4 is 10.6 Å². The van der Waals surface area contributed by atoms with Crippen molar-refractivity contribution in [3.63, 3.8) is 0 Å². The second-order valence-electron chi connectivity index (χ2n) is 4.76. The predicted molar refractivity (Wildman–Crippen MR) is 70.2 cm³/mol. The molecule has 0 bridgehead atoms. The topological polar surface area (TPSA) is 41.9 Å². The van der Waals surface area contributed by atoms with E-state index in [1.807, 2.05) is 6.20 Å². The summed E-state index contributed by atoms with van der Waals surface area (Å²) in [5, 5.41) is 6.95. The molecule has 0 amide bonds. The Balaban J connectivity index is 1.81. The molecule has 0 saturated carbocycles. The first-order valence-electron chi connectivity index (χ1n) is 6.19. The summed E-state index contributed by atoms with van der Waals surface area (Å²) in [5.41, 5.74) is 3.44. The molecule has 0 radical (unpaired) electrons. The molecule has 0 spiro atoms. The molecular formula is C13H18N4. The molecule has 3 rings (SSSR count). The summed E-state index contributed by atoms with van der Waals surface area (Å²) in [4.78, 5) is 4.37. The van der Waals surface area contributed by atoms with E-state index in [-0.39, 0.29) is 0 Å². The maximum atomic E-state index is 4.37. The third kappa shape index (κ3) is 2.00. The van der Waals surface area contributed by atoms with Crippen LogP contribution in [0.15, 0.2) is 24.5 Å². The molecule has 4 heteroatoms. The summed E-state index contributed by atoms with van der Waals surface area (Å²) < 4.78 is 2.12. The molecule has 2 aromatic heterocycles. The van der Waals surface area contributed by atoms with Crippen LogP contribution >= 0.6 is 0 Å². The maximum Gasteiger partial charge on any atom is 0.0902 e. The first-order valence-corrected chi connectivity index (χ1v) is 6.19. The first kappa shape index (κ1) is 10.6. The summed E-state index contributed by atoms with van der Waals surface area (Å²) >= 11 is 0. The third-order valence-corrected chi connectivity index (χ3v) is 3.50. The van der Waals surface area contributed by atoms with E-state index in [1.165, 1.54) is 17.6 Å². The maximum absolute atomic E-state index is 4.37. The Morgan fingerprint density at radius 3 is 3.29 bits per heavy atom. The van der Waals surface area contributed by atoms with Gasteiger partial charge in [-0.2, -0.15) is 0 Å². The lowest BCUT2D eigenvalue weighted by Gasteiger charge is -2.12. The lowest BCUT2D eigenvalue weighted by atomic mass is 10.1. The highest BCUT2D eigenvalue weighted by molar-refractivity contribution is 5.88. The fourth-order valence-electron chi connectivity index (χ4n) is 2.51. The minimum absolute atomic E-state index is 0.749. The van der Waals surface area contributed by atoms with Gasteiger partial charge in [0, 0.05) is 26.0 Å². The third-order valence-electron chi connectivity index (χ3n) is 3.50. The van der Waals surface area contributed by atoms with Gasteiger partial charge in [0.25, 0.3) is 0 Å². The zero-order chi connectivity index (χ0) is 11.7. The number of rotatable bonds is 3. The summed E-state index contributed by atoms with van der Waals surface area (Å²) in [5.74, 6) is 0.749. The molecule has 1 saturated heterocycles. The van der Waals surface area contributed by atoms with Crippen LogP contribution in [0, 0.1) is 5.92 Å². The second kappa shape index (κ2) is 4.37. The van der Waals surface area contributed by atoms with Crippen LogP contribution in [0.5, 0.6) is 0 Å². The first-order chi connectivity index (χ1) is 8.34. The zero-order valence-corrected chi connectivity index (χ0v) is 10.1. The van der Waals surface area contributed by atoms with Crippen LogP contribution in [0.4, 0.5) is 5.69 Å². The average Bonchev–Trinajstić information content (AvgIpc) is 2.97. The van der Waals surface area contributed by atoms with Crippen LogP contribution in [0.25, 0.3) is 11.0 Å². The van der Waals surface area contributed by atoms with Gasteiger partial charge in [0.2, 0.25) is 0 Å². The number of aromatic nitrogens is 2. The molecule has 0 aromatic carbocycles. The molecule has 2 N–H and O–H groups in total. The zero-order valence-electron chi connectivity index (χ0n) is 10.1. The van der Waals surface area contributed by atoms with Gasteiger partial charge < -0.3 is 15.2 Å². The van der Waals surface area contributed by atoms with Crippen LogP contribution in [0.1, 0.15) is 6.42 Å². The molecule has 1 aliphatic heterocycles. The Morgan fingerprint density at radius 2 is 2.47 bits per heavy atom. The summed E-state index contributed by atoms with van der Waals surface area (Å²) in [7, 11) is 2.06. The number of fused-ring (bicyclic) bond motifs is 1. The van der Waals surface area contributed by atoms with Gasteiger partial charge in [-0.15, -0.1) is 0 Å². The molecule has 1 fully saturated rings. The Bertz CT molecular complexity index is 511. The fraction of sp³-hybridized carbons (Fsp3) is 0.462. The van der Waals surface area contributed by atoms with Gasteiger partial charge in [0.15, 0.2) is 0 Å². The highest BCUT2D eigenvalue weighted by atomic mass is 15.0. The van der Waals surface area contributed by atoms with Crippen molar-refractivity contribution < 1.29 is 0 Å². The van der Waals surface area contributed by atoms with Crippen molar-refractivity contribution in [1.29, 1.82) is 0 Å². The van der Waals surface area contributed by atoms with Crippen LogP contribution in [-0.4, -0.2) is 29.2 Å². The molecule has 4 nitrogen and oxygen atoms in total. The highest BCUT2D eigenvalue weighted by Gasteiger charge is 2.14. The summed E-state index contributed by atoms with van der Waals surface area (Å²) in [6.45, 7) is 3.33. The summed E-state index contributed by atoms with van der Waals surface area (Å²) in [6.07, 6.45) is 5.20. The Kier molecular flexibility index (Phi) is 2.73. The molecule has 1 atom stereocenters. The lowest BCUT2D eigenvalue weighted by molar-refractivity contribution is 0.615. The molecule has 2 aromatic rings. The Labute approximate surface area is 101 Å². The van der Waals surface area contributed by atoms with E-state index in [0.717, 1.165) is 31.1 Å². The van der Waals surface area contributed by atoms with Gasteiger partial charge in [-0.05, 0) is 37.6 Å². The van der Waals surface area contributed by atoms with Crippen molar-refractivity contribution in [3.05, 3.63) is 24.5 Å². The molecular weight excluding hydrogens is 212 g/mol. The van der Waals surface area contributed by atoms with E-state index >= 15 is 0 Å². The summed E-state index contributed by atoms with van der Waals surface area (Å²) in [6, 6.07) is 4.11. The molecule has 17 heavy (non-hydrogen) atoms. The molecule has 90 valence electrons. The minimum atomic E-state index is 0.749. The van der Waals surface area contributed by atoms with Crippen LogP contribution in [0.3, 0.4) is 0 Å². The van der Waals surface area contributed by atoms with Crippen molar-refractivity contribution in [3.8, 4) is 0 Å². The van der Waals surface area contributed by atoms with E-state index in [9.17, 15) is 0 Å². The number of hydrogen-bond acceptors (Lipinski definition) is 3. The number of nitrogens with zero attached hydrogens (tertiary/aromatic N) is 2. The lowest BCUT2D eigenvalue weighted by Crippen LogP contribution is -2.17. The number of pyridine rings is 1. The van der Waals surface area contributed by atoms with Gasteiger partial charge in [0.05, 0.1) is 16.7 Å². The van der Waals surface area contributed by atoms with Gasteiger partial charge in [0.1, 0.15) is 0 Å². The average molecular weight is 230 g/mol. The smallest absolute Gasteiger partial charge is 0.0902 e. The molecule has 1 unspecified atom stereocenters. The van der Waals surface area contributed by atoms with Gasteiger partial charge in [-0.3, -0.25) is 4.98 Å². The van der Waals surface area contributed by atoms with Crippen LogP contribution in [0.2, 0.25) is 0 Å². The highest BCUT2D eigenvalue weighted by Crippen LogP contribution is 2.22. The fourth-order valence-corrected chi connectivity index (χ4v) is 2.51. The van der Waals surface area contributed by atoms with Crippen LogP contribution in [-0.2, 0) is 7.05 Å². The van der Waals surface area contributed by atoms with E-state index in [2.05, 4.69) is 45.6 Å². The molecule has 3 heterocycles. The Morgan fingerprint density at radius 1 is 1.53 bits per heavy atom. The number of hydrogen-bond donors (Lipinski definition) is 2. The Hall–Kier alpha value is -1.55. The minimum Gasteiger partial charge on any atom is -0.383 e. The van der Waals surface area contributed by atoms with Gasteiger partial charge in [-0.1, -0.05) is 0 Å². The van der Waals surface area contributed by atoms with E-state index in [0.29, 0.717) is 0 Å². The standard InChI is InChI=1S/C13H18N4/c1-17-7-4-12-13(17)11(3-6-15-12)16-9-10-2-5-14-8-10/h3-4,6-7,10,14H,2,5,8-9H2,1H3,(H,15,16). The monoisotopic (exact) mass is 230 g/mol. The largest absolute Gasteiger partial charge is 0.383 e. The van der Waals surface area contributed by atoms with Gasteiger partial charge >= 0.3 is 0 Å².